The van der Waals surface area contributed by atoms with Crippen LogP contribution in [-0.4, -0.2) is 15.9 Å². The predicted octanol–water partition coefficient (Wildman–Crippen LogP) is 8.53. The van der Waals surface area contributed by atoms with E-state index in [2.05, 4.69) is 66.2 Å². The molecule has 190 valence electrons. The monoisotopic (exact) mass is 801 g/mol. The summed E-state index contributed by atoms with van der Waals surface area (Å²) in [7, 11) is 0. The number of hydrogen-bond donors (Lipinski definition) is 0. The third kappa shape index (κ3) is 6.39. The molecule has 0 unspecified atom stereocenters. The average molecular weight is 803 g/mol. The predicted molar refractivity (Wildman–Crippen MR) is 170 cm³/mol. The maximum absolute atomic E-state index is 13.6. The highest BCUT2D eigenvalue weighted by Crippen LogP contribution is 2.32. The fourth-order valence-corrected chi connectivity index (χ4v) is 7.17. The van der Waals surface area contributed by atoms with E-state index in [0.717, 1.165) is 60.0 Å². The maximum Gasteiger partial charge on any atom is 0.282 e. The third-order valence-corrected chi connectivity index (χ3v) is 8.79. The Labute approximate surface area is 256 Å². The van der Waals surface area contributed by atoms with Crippen molar-refractivity contribution in [1.29, 1.82) is 0 Å². The molecule has 5 nitrogen and oxygen atoms in total. The summed E-state index contributed by atoms with van der Waals surface area (Å²) in [6.07, 6.45) is 7.33. The van der Waals surface area contributed by atoms with Crippen LogP contribution < -0.4 is 10.3 Å². The van der Waals surface area contributed by atoms with E-state index in [9.17, 15) is 4.79 Å². The lowest BCUT2D eigenvalue weighted by atomic mass is 9.88. The van der Waals surface area contributed by atoms with E-state index in [0.29, 0.717) is 22.5 Å². The smallest absolute Gasteiger partial charge is 0.282 e. The Morgan fingerprint density at radius 2 is 1.76 bits per heavy atom. The molecule has 1 heterocycles. The second-order valence-corrected chi connectivity index (χ2v) is 12.7. The van der Waals surface area contributed by atoms with Crippen molar-refractivity contribution in [1.82, 2.24) is 9.66 Å². The zero-order chi connectivity index (χ0) is 25.9. The molecule has 1 aliphatic rings. The van der Waals surface area contributed by atoms with Crippen LogP contribution in [0, 0.1) is 7.14 Å². The Hall–Kier alpha value is -1.50. The molecule has 9 heteroatoms. The summed E-state index contributed by atoms with van der Waals surface area (Å²) in [5, 5.41) is 5.95. The van der Waals surface area contributed by atoms with Gasteiger partial charge >= 0.3 is 0 Å². The van der Waals surface area contributed by atoms with Gasteiger partial charge < -0.3 is 4.74 Å². The Balaban J connectivity index is 1.47. The van der Waals surface area contributed by atoms with Crippen molar-refractivity contribution >= 4 is 89.8 Å². The fourth-order valence-electron chi connectivity index (χ4n) is 4.56. The molecule has 0 aliphatic heterocycles. The van der Waals surface area contributed by atoms with Gasteiger partial charge in [0, 0.05) is 15.4 Å². The first-order chi connectivity index (χ1) is 17.9. The molecule has 5 rings (SSSR count). The van der Waals surface area contributed by atoms with E-state index in [4.69, 9.17) is 21.3 Å². The van der Waals surface area contributed by atoms with Crippen molar-refractivity contribution < 1.29 is 4.74 Å². The van der Waals surface area contributed by atoms with Gasteiger partial charge in [-0.15, -0.1) is 0 Å². The first-order valence-electron chi connectivity index (χ1n) is 12.0. The molecule has 1 fully saturated rings. The zero-order valence-electron chi connectivity index (χ0n) is 19.8. The zero-order valence-corrected chi connectivity index (χ0v) is 26.4. The van der Waals surface area contributed by atoms with E-state index < -0.39 is 0 Å². The summed E-state index contributed by atoms with van der Waals surface area (Å²) in [4.78, 5) is 18.5. The second-order valence-electron chi connectivity index (χ2n) is 9.06. The number of aromatic nitrogens is 2. The number of hydrogen-bond acceptors (Lipinski definition) is 4. The minimum atomic E-state index is -0.143. The average Bonchev–Trinajstić information content (AvgIpc) is 2.89. The number of ether oxygens (including phenoxy) is 1. The van der Waals surface area contributed by atoms with Crippen LogP contribution in [-0.2, 0) is 6.61 Å². The number of benzene rings is 3. The molecule has 0 spiro atoms. The van der Waals surface area contributed by atoms with Gasteiger partial charge in [0.1, 0.15) is 18.2 Å². The Kier molecular flexibility index (Phi) is 8.88. The van der Waals surface area contributed by atoms with Crippen molar-refractivity contribution in [2.24, 2.45) is 5.10 Å². The summed E-state index contributed by atoms with van der Waals surface area (Å²) in [5.41, 5.74) is 2.51. The van der Waals surface area contributed by atoms with Crippen LogP contribution in [0.5, 0.6) is 5.75 Å². The minimum Gasteiger partial charge on any atom is -0.487 e. The number of halogens is 4. The van der Waals surface area contributed by atoms with Gasteiger partial charge in [-0.05, 0) is 112 Å². The van der Waals surface area contributed by atoms with E-state index in [1.807, 2.05) is 54.6 Å². The lowest BCUT2D eigenvalue weighted by Gasteiger charge is -2.22. The SMILES string of the molecule is O=c1c2cc(Br)ccc2nc(C2CCCCC2)n1N=Cc1cc(I)c(OCc2ccc(Cl)cc2)c(I)c1. The molecule has 0 bridgehead atoms. The van der Waals surface area contributed by atoms with E-state index in [1.54, 1.807) is 6.21 Å². The molecule has 0 radical (unpaired) electrons. The van der Waals surface area contributed by atoms with Crippen LogP contribution in [0.15, 0.2) is 69.0 Å². The van der Waals surface area contributed by atoms with Crippen LogP contribution in [0.3, 0.4) is 0 Å². The molecule has 1 saturated carbocycles. The molecule has 0 amide bonds. The number of fused-ring (bicyclic) bond motifs is 1. The summed E-state index contributed by atoms with van der Waals surface area (Å²) < 4.78 is 10.4. The second kappa shape index (κ2) is 12.1. The normalized spacial score (nSPS) is 14.5. The van der Waals surface area contributed by atoms with Crippen LogP contribution in [0.1, 0.15) is 55.0 Å². The van der Waals surface area contributed by atoms with Crippen molar-refractivity contribution in [2.45, 2.75) is 44.6 Å². The molecule has 4 aromatic rings. The number of rotatable bonds is 6. The molecule has 1 aliphatic carbocycles. The maximum atomic E-state index is 13.6. The van der Waals surface area contributed by atoms with Gasteiger partial charge in [-0.2, -0.15) is 9.78 Å². The molecule has 3 aromatic carbocycles. The van der Waals surface area contributed by atoms with E-state index in [1.165, 1.54) is 11.1 Å². The van der Waals surface area contributed by atoms with Crippen molar-refractivity contribution in [3.05, 3.63) is 98.5 Å². The topological polar surface area (TPSA) is 56.5 Å². The lowest BCUT2D eigenvalue weighted by Crippen LogP contribution is -2.25. The minimum absolute atomic E-state index is 0.143. The van der Waals surface area contributed by atoms with Crippen molar-refractivity contribution in [2.75, 3.05) is 0 Å². The number of nitrogens with zero attached hydrogens (tertiary/aromatic N) is 3. The Bertz CT molecular complexity index is 1510. The first kappa shape index (κ1) is 27.1. The van der Waals surface area contributed by atoms with Gasteiger partial charge in [-0.3, -0.25) is 4.79 Å². The molecular formula is C28H23BrClI2N3O2. The van der Waals surface area contributed by atoms with Gasteiger partial charge in [0.05, 0.1) is 24.3 Å². The summed E-state index contributed by atoms with van der Waals surface area (Å²) in [6, 6.07) is 17.3. The Morgan fingerprint density at radius 1 is 1.05 bits per heavy atom. The largest absolute Gasteiger partial charge is 0.487 e. The van der Waals surface area contributed by atoms with Crippen LogP contribution >= 0.6 is 72.7 Å². The van der Waals surface area contributed by atoms with E-state index >= 15 is 0 Å². The Morgan fingerprint density at radius 3 is 2.46 bits per heavy atom. The molecular weight excluding hydrogens is 779 g/mol. The highest BCUT2D eigenvalue weighted by molar-refractivity contribution is 14.1. The van der Waals surface area contributed by atoms with Crippen LogP contribution in [0.25, 0.3) is 10.9 Å². The lowest BCUT2D eigenvalue weighted by molar-refractivity contribution is 0.302. The molecule has 0 N–H and O–H groups in total. The van der Waals surface area contributed by atoms with Gasteiger partial charge in [0.2, 0.25) is 0 Å². The molecule has 1 aromatic heterocycles. The van der Waals surface area contributed by atoms with Gasteiger partial charge in [-0.1, -0.05) is 58.9 Å². The quantitative estimate of drug-likeness (QED) is 0.145. The first-order valence-corrected chi connectivity index (χ1v) is 15.3. The molecule has 37 heavy (non-hydrogen) atoms. The van der Waals surface area contributed by atoms with Gasteiger partial charge in [-0.25, -0.2) is 4.98 Å². The summed E-state index contributed by atoms with van der Waals surface area (Å²) in [5.74, 6) is 1.81. The van der Waals surface area contributed by atoms with E-state index in [-0.39, 0.29) is 11.5 Å². The van der Waals surface area contributed by atoms with Crippen LogP contribution in [0.2, 0.25) is 5.02 Å². The van der Waals surface area contributed by atoms with Gasteiger partial charge in [0.15, 0.2) is 0 Å². The van der Waals surface area contributed by atoms with Gasteiger partial charge in [0.25, 0.3) is 5.56 Å². The summed E-state index contributed by atoms with van der Waals surface area (Å²) >= 11 is 14.0. The van der Waals surface area contributed by atoms with Crippen LogP contribution in [0.4, 0.5) is 0 Å². The molecule has 0 atom stereocenters. The van der Waals surface area contributed by atoms with Crippen molar-refractivity contribution in [3.63, 3.8) is 0 Å². The fraction of sp³-hybridized carbons (Fsp3) is 0.250. The summed E-state index contributed by atoms with van der Waals surface area (Å²) in [6.45, 7) is 0.453. The third-order valence-electron chi connectivity index (χ3n) is 6.44. The standard InChI is InChI=1S/C28H23BrClI2N3O2/c29-20-8-11-25-22(14-20)28(36)35(27(34-25)19-4-2-1-3-5-19)33-15-18-12-23(31)26(24(32)13-18)37-16-17-6-9-21(30)10-7-17/h6-15,19H,1-5,16H2. The highest BCUT2D eigenvalue weighted by atomic mass is 127. The molecule has 0 saturated heterocycles. The highest BCUT2D eigenvalue weighted by Gasteiger charge is 2.22. The van der Waals surface area contributed by atoms with Crippen molar-refractivity contribution in [3.8, 4) is 5.75 Å².